The standard InChI is InChI=1S/C13H18N2O3/c16-13(17)12-10(3-8-18-12)9-14-4-6-15(7-5-14)11-1-2-11/h3,8,11H,1-2,4-7,9H2,(H,16,17). The number of rotatable bonds is 4. The second-order valence-electron chi connectivity index (χ2n) is 5.12. The molecule has 1 aromatic heterocycles. The van der Waals surface area contributed by atoms with Crippen molar-refractivity contribution in [3.63, 3.8) is 0 Å². The molecule has 18 heavy (non-hydrogen) atoms. The molecule has 0 amide bonds. The van der Waals surface area contributed by atoms with Gasteiger partial charge in [-0.1, -0.05) is 0 Å². The van der Waals surface area contributed by atoms with Crippen molar-refractivity contribution in [1.82, 2.24) is 9.80 Å². The smallest absolute Gasteiger partial charge is 0.372 e. The Balaban J connectivity index is 1.56. The van der Waals surface area contributed by atoms with E-state index in [0.29, 0.717) is 6.54 Å². The van der Waals surface area contributed by atoms with Gasteiger partial charge in [-0.05, 0) is 18.9 Å². The first-order chi connectivity index (χ1) is 8.74. The number of hydrogen-bond acceptors (Lipinski definition) is 4. The van der Waals surface area contributed by atoms with Crippen LogP contribution in [0.1, 0.15) is 29.0 Å². The molecule has 1 aliphatic carbocycles. The molecule has 2 fully saturated rings. The van der Waals surface area contributed by atoms with Gasteiger partial charge in [-0.3, -0.25) is 9.80 Å². The molecule has 1 saturated heterocycles. The van der Waals surface area contributed by atoms with Crippen molar-refractivity contribution in [3.8, 4) is 0 Å². The van der Waals surface area contributed by atoms with Gasteiger partial charge >= 0.3 is 5.97 Å². The first-order valence-corrected chi connectivity index (χ1v) is 6.50. The van der Waals surface area contributed by atoms with Crippen LogP contribution in [0.5, 0.6) is 0 Å². The molecular formula is C13H18N2O3. The summed E-state index contributed by atoms with van der Waals surface area (Å²) in [5, 5.41) is 8.99. The maximum atomic E-state index is 11.0. The SMILES string of the molecule is O=C(O)c1occc1CN1CCN(C2CC2)CC1. The Hall–Kier alpha value is -1.33. The minimum absolute atomic E-state index is 0.0830. The van der Waals surface area contributed by atoms with Gasteiger partial charge in [0.1, 0.15) is 0 Å². The number of carbonyl (C=O) groups is 1. The molecule has 1 saturated carbocycles. The van der Waals surface area contributed by atoms with Crippen LogP contribution >= 0.6 is 0 Å². The number of carboxylic acids is 1. The summed E-state index contributed by atoms with van der Waals surface area (Å²) in [5.74, 6) is -0.897. The average molecular weight is 250 g/mol. The number of furan rings is 1. The second kappa shape index (κ2) is 4.74. The van der Waals surface area contributed by atoms with Crippen LogP contribution in [-0.4, -0.2) is 53.1 Å². The number of aromatic carboxylic acids is 1. The minimum Gasteiger partial charge on any atom is -0.475 e. The Morgan fingerprint density at radius 2 is 2.06 bits per heavy atom. The van der Waals surface area contributed by atoms with E-state index in [1.165, 1.54) is 19.1 Å². The highest BCUT2D eigenvalue weighted by molar-refractivity contribution is 5.86. The summed E-state index contributed by atoms with van der Waals surface area (Å²) in [6.07, 6.45) is 4.16. The van der Waals surface area contributed by atoms with Crippen LogP contribution in [0, 0.1) is 0 Å². The molecule has 98 valence electrons. The summed E-state index contributed by atoms with van der Waals surface area (Å²) in [5.41, 5.74) is 0.780. The lowest BCUT2D eigenvalue weighted by Crippen LogP contribution is -2.46. The van der Waals surface area contributed by atoms with Crippen LogP contribution < -0.4 is 0 Å². The summed E-state index contributed by atoms with van der Waals surface area (Å²) in [7, 11) is 0. The molecule has 2 aliphatic rings. The third-order valence-corrected chi connectivity index (χ3v) is 3.81. The third-order valence-electron chi connectivity index (χ3n) is 3.81. The summed E-state index contributed by atoms with van der Waals surface area (Å²) >= 11 is 0. The fraction of sp³-hybridized carbons (Fsp3) is 0.615. The van der Waals surface area contributed by atoms with Crippen molar-refractivity contribution in [2.75, 3.05) is 26.2 Å². The predicted molar refractivity (Wildman–Crippen MR) is 65.5 cm³/mol. The molecular weight excluding hydrogens is 232 g/mol. The molecule has 0 spiro atoms. The number of piperazine rings is 1. The molecule has 0 bridgehead atoms. The number of hydrogen-bond donors (Lipinski definition) is 1. The van der Waals surface area contributed by atoms with E-state index in [9.17, 15) is 4.79 Å². The fourth-order valence-electron chi connectivity index (χ4n) is 2.62. The van der Waals surface area contributed by atoms with Gasteiger partial charge in [0.05, 0.1) is 6.26 Å². The quantitative estimate of drug-likeness (QED) is 0.871. The highest BCUT2D eigenvalue weighted by Crippen LogP contribution is 2.27. The van der Waals surface area contributed by atoms with E-state index in [4.69, 9.17) is 9.52 Å². The molecule has 0 atom stereocenters. The van der Waals surface area contributed by atoms with Crippen LogP contribution in [0.4, 0.5) is 0 Å². The van der Waals surface area contributed by atoms with Crippen molar-refractivity contribution >= 4 is 5.97 Å². The van der Waals surface area contributed by atoms with Crippen LogP contribution in [0.3, 0.4) is 0 Å². The zero-order valence-electron chi connectivity index (χ0n) is 10.3. The Labute approximate surface area is 106 Å². The van der Waals surface area contributed by atoms with Gasteiger partial charge in [0, 0.05) is 44.3 Å². The van der Waals surface area contributed by atoms with Crippen molar-refractivity contribution in [2.45, 2.75) is 25.4 Å². The molecule has 0 radical (unpaired) electrons. The monoisotopic (exact) mass is 250 g/mol. The molecule has 5 nitrogen and oxygen atoms in total. The van der Waals surface area contributed by atoms with Gasteiger partial charge in [-0.25, -0.2) is 4.79 Å². The first-order valence-electron chi connectivity index (χ1n) is 6.50. The van der Waals surface area contributed by atoms with E-state index in [-0.39, 0.29) is 5.76 Å². The first kappa shape index (κ1) is 11.7. The van der Waals surface area contributed by atoms with Gasteiger partial charge in [-0.15, -0.1) is 0 Å². The minimum atomic E-state index is -0.980. The molecule has 0 unspecified atom stereocenters. The molecule has 5 heteroatoms. The third kappa shape index (κ3) is 2.42. The van der Waals surface area contributed by atoms with Crippen LogP contribution in [-0.2, 0) is 6.54 Å². The molecule has 2 heterocycles. The van der Waals surface area contributed by atoms with E-state index in [1.54, 1.807) is 6.07 Å². The summed E-state index contributed by atoms with van der Waals surface area (Å²) in [6.45, 7) is 4.91. The van der Waals surface area contributed by atoms with Gasteiger partial charge in [-0.2, -0.15) is 0 Å². The summed E-state index contributed by atoms with van der Waals surface area (Å²) in [6, 6.07) is 2.59. The van der Waals surface area contributed by atoms with E-state index < -0.39 is 5.97 Å². The Morgan fingerprint density at radius 1 is 1.33 bits per heavy atom. The molecule has 1 aromatic rings. The van der Waals surface area contributed by atoms with Crippen molar-refractivity contribution in [3.05, 3.63) is 23.7 Å². The molecule has 0 aromatic carbocycles. The molecule has 1 aliphatic heterocycles. The Morgan fingerprint density at radius 3 is 2.67 bits per heavy atom. The van der Waals surface area contributed by atoms with E-state index in [2.05, 4.69) is 9.80 Å². The lowest BCUT2D eigenvalue weighted by atomic mass is 10.2. The van der Waals surface area contributed by atoms with Crippen LogP contribution in [0.25, 0.3) is 0 Å². The zero-order valence-corrected chi connectivity index (χ0v) is 10.3. The largest absolute Gasteiger partial charge is 0.475 e. The van der Waals surface area contributed by atoms with Crippen LogP contribution in [0.15, 0.2) is 16.7 Å². The maximum absolute atomic E-state index is 11.0. The average Bonchev–Trinajstić information content (AvgIpc) is 3.10. The number of carboxylic acid groups (broad SMARTS) is 1. The van der Waals surface area contributed by atoms with E-state index in [0.717, 1.165) is 37.8 Å². The fourth-order valence-corrected chi connectivity index (χ4v) is 2.62. The maximum Gasteiger partial charge on any atom is 0.372 e. The number of nitrogens with zero attached hydrogens (tertiary/aromatic N) is 2. The predicted octanol–water partition coefficient (Wildman–Crippen LogP) is 1.26. The topological polar surface area (TPSA) is 56.9 Å². The van der Waals surface area contributed by atoms with E-state index in [1.807, 2.05) is 0 Å². The Kier molecular flexibility index (Phi) is 3.09. The van der Waals surface area contributed by atoms with Crippen molar-refractivity contribution in [2.24, 2.45) is 0 Å². The van der Waals surface area contributed by atoms with Gasteiger partial charge in [0.2, 0.25) is 5.76 Å². The van der Waals surface area contributed by atoms with E-state index >= 15 is 0 Å². The van der Waals surface area contributed by atoms with Crippen molar-refractivity contribution < 1.29 is 14.3 Å². The molecule has 1 N–H and O–H groups in total. The van der Waals surface area contributed by atoms with Gasteiger partial charge in [0.25, 0.3) is 0 Å². The lowest BCUT2D eigenvalue weighted by molar-refractivity contribution is 0.0657. The highest BCUT2D eigenvalue weighted by Gasteiger charge is 2.31. The Bertz CT molecular complexity index is 431. The zero-order chi connectivity index (χ0) is 12.5. The van der Waals surface area contributed by atoms with Gasteiger partial charge in [0.15, 0.2) is 0 Å². The van der Waals surface area contributed by atoms with Crippen molar-refractivity contribution in [1.29, 1.82) is 0 Å². The highest BCUT2D eigenvalue weighted by atomic mass is 16.4. The van der Waals surface area contributed by atoms with Gasteiger partial charge < -0.3 is 9.52 Å². The normalized spacial score (nSPS) is 22.2. The van der Waals surface area contributed by atoms with Crippen LogP contribution in [0.2, 0.25) is 0 Å². The summed E-state index contributed by atoms with van der Waals surface area (Å²) < 4.78 is 5.00. The lowest BCUT2D eigenvalue weighted by Gasteiger charge is -2.34. The second-order valence-corrected chi connectivity index (χ2v) is 5.12. The summed E-state index contributed by atoms with van der Waals surface area (Å²) in [4.78, 5) is 15.8. The molecule has 3 rings (SSSR count).